The lowest BCUT2D eigenvalue weighted by Crippen LogP contribution is -2.24. The lowest BCUT2D eigenvalue weighted by atomic mass is 10.1. The van der Waals surface area contributed by atoms with Gasteiger partial charge in [0.05, 0.1) is 0 Å². The van der Waals surface area contributed by atoms with Crippen LogP contribution in [0.3, 0.4) is 0 Å². The Labute approximate surface area is 186 Å². The molecule has 1 N–H and O–H groups in total. The van der Waals surface area contributed by atoms with Gasteiger partial charge in [0.1, 0.15) is 5.01 Å². The summed E-state index contributed by atoms with van der Waals surface area (Å²) in [6, 6.07) is 18.3. The molecule has 2 amide bonds. The van der Waals surface area contributed by atoms with E-state index >= 15 is 0 Å². The summed E-state index contributed by atoms with van der Waals surface area (Å²) >= 11 is 1.36. The lowest BCUT2D eigenvalue weighted by Gasteiger charge is -2.16. The molecule has 3 aromatic rings. The van der Waals surface area contributed by atoms with Gasteiger partial charge < -0.3 is 10.2 Å². The quantitative estimate of drug-likeness (QED) is 0.563. The van der Waals surface area contributed by atoms with Gasteiger partial charge in [-0.1, -0.05) is 60.7 Å². The summed E-state index contributed by atoms with van der Waals surface area (Å²) in [6.45, 7) is 2.70. The maximum Gasteiger partial charge on any atom is 0.227 e. The van der Waals surface area contributed by atoms with Crippen molar-refractivity contribution in [2.45, 2.75) is 44.9 Å². The third-order valence-electron chi connectivity index (χ3n) is 5.53. The number of hydrogen-bond acceptors (Lipinski definition) is 5. The van der Waals surface area contributed by atoms with Gasteiger partial charge in [-0.3, -0.25) is 9.59 Å². The molecule has 0 radical (unpaired) electrons. The van der Waals surface area contributed by atoms with Crippen molar-refractivity contribution in [3.63, 3.8) is 0 Å². The summed E-state index contributed by atoms with van der Waals surface area (Å²) in [5, 5.41) is 12.5. The highest BCUT2D eigenvalue weighted by atomic mass is 32.1. The number of anilines is 2. The van der Waals surface area contributed by atoms with Crippen LogP contribution < -0.4 is 10.2 Å². The van der Waals surface area contributed by atoms with Crippen LogP contribution in [0.1, 0.15) is 48.2 Å². The van der Waals surface area contributed by atoms with Crippen LogP contribution in [0.2, 0.25) is 0 Å². The van der Waals surface area contributed by atoms with Crippen LogP contribution in [0.4, 0.5) is 10.8 Å². The van der Waals surface area contributed by atoms with Crippen molar-refractivity contribution < 1.29 is 9.59 Å². The molecule has 1 saturated heterocycles. The summed E-state index contributed by atoms with van der Waals surface area (Å²) in [4.78, 5) is 26.6. The minimum Gasteiger partial charge on any atom is -0.312 e. The van der Waals surface area contributed by atoms with Crippen LogP contribution in [0.5, 0.6) is 0 Å². The predicted octanol–water partition coefficient (Wildman–Crippen LogP) is 4.58. The molecule has 0 bridgehead atoms. The highest BCUT2D eigenvalue weighted by molar-refractivity contribution is 7.15. The standard InChI is InChI=1S/C24H26N4O2S/c1-2-17-11-13-20(14-12-17)28-16-19(15-22(28)30)23-26-27-24(31-23)25-21(29)10-6-9-18-7-4-3-5-8-18/h3-5,7-8,11-14,19H,2,6,9-10,15-16H2,1H3,(H,25,27,29)/t19-/m0/s1. The van der Waals surface area contributed by atoms with Gasteiger partial charge in [-0.2, -0.15) is 0 Å². The van der Waals surface area contributed by atoms with Gasteiger partial charge in [0.2, 0.25) is 16.9 Å². The number of rotatable bonds is 8. The number of carbonyl (C=O) groups is 2. The van der Waals surface area contributed by atoms with E-state index in [1.165, 1.54) is 22.5 Å². The first-order valence-corrected chi connectivity index (χ1v) is 11.5. The zero-order valence-corrected chi connectivity index (χ0v) is 18.4. The molecule has 4 rings (SSSR count). The van der Waals surface area contributed by atoms with Crippen LogP contribution in [-0.2, 0) is 22.4 Å². The SMILES string of the molecule is CCc1ccc(N2C[C@@H](c3nnc(NC(=O)CCCc4ccccc4)s3)CC2=O)cc1. The van der Waals surface area contributed by atoms with Gasteiger partial charge in [-0.15, -0.1) is 10.2 Å². The van der Waals surface area contributed by atoms with Crippen molar-refractivity contribution in [1.82, 2.24) is 10.2 Å². The third kappa shape index (κ3) is 5.35. The number of nitrogens with one attached hydrogen (secondary N) is 1. The summed E-state index contributed by atoms with van der Waals surface area (Å²) in [5.41, 5.74) is 3.40. The van der Waals surface area contributed by atoms with E-state index < -0.39 is 0 Å². The van der Waals surface area contributed by atoms with E-state index in [1.54, 1.807) is 0 Å². The number of hydrogen-bond donors (Lipinski definition) is 1. The molecule has 31 heavy (non-hydrogen) atoms. The fraction of sp³-hybridized carbons (Fsp3) is 0.333. The van der Waals surface area contributed by atoms with E-state index in [-0.39, 0.29) is 17.7 Å². The van der Waals surface area contributed by atoms with Crippen LogP contribution in [-0.4, -0.2) is 28.6 Å². The normalized spacial score (nSPS) is 16.0. The largest absolute Gasteiger partial charge is 0.312 e. The molecule has 0 saturated carbocycles. The van der Waals surface area contributed by atoms with Gasteiger partial charge in [-0.05, 0) is 42.5 Å². The second-order valence-corrected chi connectivity index (χ2v) is 8.77. The number of amides is 2. The molecular weight excluding hydrogens is 408 g/mol. The van der Waals surface area contributed by atoms with Gasteiger partial charge in [0.15, 0.2) is 0 Å². The Bertz CT molecular complexity index is 1030. The topological polar surface area (TPSA) is 75.2 Å². The molecule has 1 atom stereocenters. The Balaban J connectivity index is 1.30. The number of aromatic nitrogens is 2. The van der Waals surface area contributed by atoms with Crippen LogP contribution in [0, 0.1) is 0 Å². The molecule has 2 aromatic carbocycles. The van der Waals surface area contributed by atoms with E-state index in [9.17, 15) is 9.59 Å². The number of carbonyl (C=O) groups excluding carboxylic acids is 2. The summed E-state index contributed by atoms with van der Waals surface area (Å²) in [7, 11) is 0. The number of aryl methyl sites for hydroxylation is 2. The van der Waals surface area contributed by atoms with Crippen LogP contribution in [0.15, 0.2) is 54.6 Å². The summed E-state index contributed by atoms with van der Waals surface area (Å²) < 4.78 is 0. The zero-order valence-electron chi connectivity index (χ0n) is 17.6. The number of benzene rings is 2. The summed E-state index contributed by atoms with van der Waals surface area (Å²) in [5.74, 6) is 0.0364. The zero-order chi connectivity index (χ0) is 21.6. The molecule has 0 spiro atoms. The smallest absolute Gasteiger partial charge is 0.227 e. The Morgan fingerprint density at radius 2 is 1.87 bits per heavy atom. The fourth-order valence-corrected chi connectivity index (χ4v) is 4.61. The van der Waals surface area contributed by atoms with Crippen molar-refractivity contribution in [3.05, 3.63) is 70.7 Å². The molecular formula is C24H26N4O2S. The highest BCUT2D eigenvalue weighted by Gasteiger charge is 2.33. The Morgan fingerprint density at radius 1 is 1.10 bits per heavy atom. The van der Waals surface area contributed by atoms with Crippen molar-refractivity contribution in [1.29, 1.82) is 0 Å². The van der Waals surface area contributed by atoms with Gasteiger partial charge in [0.25, 0.3) is 0 Å². The molecule has 6 nitrogen and oxygen atoms in total. The highest BCUT2D eigenvalue weighted by Crippen LogP contribution is 2.34. The molecule has 0 unspecified atom stereocenters. The van der Waals surface area contributed by atoms with E-state index in [4.69, 9.17) is 0 Å². The molecule has 0 aliphatic carbocycles. The van der Waals surface area contributed by atoms with Crippen LogP contribution in [0.25, 0.3) is 0 Å². The van der Waals surface area contributed by atoms with E-state index in [0.29, 0.717) is 24.5 Å². The molecule has 1 aliphatic heterocycles. The molecule has 2 heterocycles. The molecule has 7 heteroatoms. The first-order valence-electron chi connectivity index (χ1n) is 10.7. The lowest BCUT2D eigenvalue weighted by molar-refractivity contribution is -0.117. The maximum atomic E-state index is 12.5. The minimum atomic E-state index is -0.0567. The van der Waals surface area contributed by atoms with Gasteiger partial charge in [-0.25, -0.2) is 0 Å². The van der Waals surface area contributed by atoms with Crippen molar-refractivity contribution in [3.8, 4) is 0 Å². The molecule has 1 fully saturated rings. The Kier molecular flexibility index (Phi) is 6.72. The molecule has 160 valence electrons. The van der Waals surface area contributed by atoms with Crippen molar-refractivity contribution in [2.75, 3.05) is 16.8 Å². The van der Waals surface area contributed by atoms with Crippen LogP contribution >= 0.6 is 11.3 Å². The van der Waals surface area contributed by atoms with E-state index in [2.05, 4.69) is 46.7 Å². The molecule has 1 aromatic heterocycles. The van der Waals surface area contributed by atoms with E-state index in [1.807, 2.05) is 35.2 Å². The second kappa shape index (κ2) is 9.83. The summed E-state index contributed by atoms with van der Waals surface area (Å²) in [6.07, 6.45) is 3.48. The van der Waals surface area contributed by atoms with Gasteiger partial charge in [0, 0.05) is 31.0 Å². The Hall–Kier alpha value is -3.06. The van der Waals surface area contributed by atoms with Crippen molar-refractivity contribution >= 4 is 34.0 Å². The Morgan fingerprint density at radius 3 is 2.61 bits per heavy atom. The number of nitrogens with zero attached hydrogens (tertiary/aromatic N) is 3. The van der Waals surface area contributed by atoms with Crippen molar-refractivity contribution in [2.24, 2.45) is 0 Å². The molecule has 1 aliphatic rings. The average molecular weight is 435 g/mol. The first kappa shape index (κ1) is 21.2. The average Bonchev–Trinajstić information content (AvgIpc) is 3.41. The minimum absolute atomic E-state index is 0.000385. The second-order valence-electron chi connectivity index (χ2n) is 7.76. The fourth-order valence-electron chi connectivity index (χ4n) is 3.76. The van der Waals surface area contributed by atoms with Gasteiger partial charge >= 0.3 is 0 Å². The first-order chi connectivity index (χ1) is 15.1. The third-order valence-corrected chi connectivity index (χ3v) is 6.53. The maximum absolute atomic E-state index is 12.5. The predicted molar refractivity (Wildman–Crippen MR) is 123 cm³/mol. The van der Waals surface area contributed by atoms with E-state index in [0.717, 1.165) is 30.0 Å². The monoisotopic (exact) mass is 434 g/mol.